The molecule has 2 aromatic rings. The van der Waals surface area contributed by atoms with Gasteiger partial charge in [0.15, 0.2) is 11.5 Å². The van der Waals surface area contributed by atoms with E-state index in [4.69, 9.17) is 37.4 Å². The van der Waals surface area contributed by atoms with Gasteiger partial charge in [0.1, 0.15) is 17.3 Å². The highest BCUT2D eigenvalue weighted by Gasteiger charge is 2.18. The molecule has 0 amide bonds. The first-order valence-electron chi connectivity index (χ1n) is 6.93. The van der Waals surface area contributed by atoms with Crippen molar-refractivity contribution in [2.45, 2.75) is 4.90 Å². The van der Waals surface area contributed by atoms with Crippen molar-refractivity contribution < 1.29 is 22.6 Å². The third kappa shape index (κ3) is 3.87. The number of ether oxygens (including phenoxy) is 3. The molecule has 0 radical (unpaired) electrons. The van der Waals surface area contributed by atoms with Gasteiger partial charge < -0.3 is 14.2 Å². The Morgan fingerprint density at radius 3 is 2.71 bits per heavy atom. The van der Waals surface area contributed by atoms with E-state index in [0.717, 1.165) is 0 Å². The summed E-state index contributed by atoms with van der Waals surface area (Å²) in [6.07, 6.45) is 0. The van der Waals surface area contributed by atoms with Gasteiger partial charge in [0.2, 0.25) is 16.8 Å². The van der Waals surface area contributed by atoms with Crippen LogP contribution < -0.4 is 18.9 Å². The van der Waals surface area contributed by atoms with Crippen LogP contribution in [-0.2, 0) is 10.0 Å². The van der Waals surface area contributed by atoms with E-state index in [2.05, 4.69) is 4.72 Å². The number of benzene rings is 2. The Morgan fingerprint density at radius 1 is 1.08 bits per heavy atom. The van der Waals surface area contributed by atoms with Crippen LogP contribution in [0.15, 0.2) is 41.3 Å². The first-order chi connectivity index (χ1) is 11.5. The molecule has 0 aliphatic carbocycles. The minimum absolute atomic E-state index is 0.0691. The maximum atomic E-state index is 12.2. The van der Waals surface area contributed by atoms with Gasteiger partial charge in [-0.2, -0.15) is 0 Å². The SMILES string of the molecule is O=S(=O)(NCCOc1ccc2c(c1)OCO2)c1cc(Cl)ccc1Cl. The number of hydrogen-bond acceptors (Lipinski definition) is 5. The maximum absolute atomic E-state index is 12.2. The first kappa shape index (κ1) is 17.2. The topological polar surface area (TPSA) is 73.9 Å². The fraction of sp³-hybridized carbons (Fsp3) is 0.200. The summed E-state index contributed by atoms with van der Waals surface area (Å²) in [5, 5.41) is 0.389. The second-order valence-corrected chi connectivity index (χ2v) is 7.42. The number of hydrogen-bond donors (Lipinski definition) is 1. The zero-order valence-electron chi connectivity index (χ0n) is 12.3. The smallest absolute Gasteiger partial charge is 0.242 e. The number of nitrogens with one attached hydrogen (secondary N) is 1. The minimum atomic E-state index is -3.77. The summed E-state index contributed by atoms with van der Waals surface area (Å²) >= 11 is 11.7. The molecule has 0 atom stereocenters. The Kier molecular flexibility index (Phi) is 5.05. The molecule has 0 saturated heterocycles. The summed E-state index contributed by atoms with van der Waals surface area (Å²) in [5.74, 6) is 1.80. The molecule has 0 saturated carbocycles. The van der Waals surface area contributed by atoms with Gasteiger partial charge in [-0.05, 0) is 30.3 Å². The van der Waals surface area contributed by atoms with Crippen molar-refractivity contribution >= 4 is 33.2 Å². The molecule has 1 N–H and O–H groups in total. The quantitative estimate of drug-likeness (QED) is 0.768. The summed E-state index contributed by atoms with van der Waals surface area (Å²) in [7, 11) is -3.77. The molecular formula is C15H13Cl2NO5S. The van der Waals surface area contributed by atoms with E-state index < -0.39 is 10.0 Å². The van der Waals surface area contributed by atoms with E-state index in [9.17, 15) is 8.42 Å². The molecule has 0 bridgehead atoms. The first-order valence-corrected chi connectivity index (χ1v) is 9.17. The van der Waals surface area contributed by atoms with E-state index in [0.29, 0.717) is 17.2 Å². The zero-order valence-corrected chi connectivity index (χ0v) is 14.6. The van der Waals surface area contributed by atoms with E-state index in [-0.39, 0.29) is 34.9 Å². The van der Waals surface area contributed by atoms with Crippen LogP contribution in [0.5, 0.6) is 17.2 Å². The molecular weight excluding hydrogens is 377 g/mol. The average molecular weight is 390 g/mol. The minimum Gasteiger partial charge on any atom is -0.492 e. The van der Waals surface area contributed by atoms with Gasteiger partial charge in [-0.1, -0.05) is 23.2 Å². The monoisotopic (exact) mass is 389 g/mol. The Balaban J connectivity index is 1.57. The van der Waals surface area contributed by atoms with Crippen molar-refractivity contribution in [3.05, 3.63) is 46.4 Å². The number of fused-ring (bicyclic) bond motifs is 1. The zero-order chi connectivity index (χ0) is 17.2. The number of rotatable bonds is 6. The van der Waals surface area contributed by atoms with Crippen molar-refractivity contribution in [1.82, 2.24) is 4.72 Å². The molecule has 9 heteroatoms. The number of halogens is 2. The predicted octanol–water partition coefficient (Wildman–Crippen LogP) is 3.08. The maximum Gasteiger partial charge on any atom is 0.242 e. The van der Waals surface area contributed by atoms with E-state index in [1.165, 1.54) is 18.2 Å². The van der Waals surface area contributed by atoms with Gasteiger partial charge in [0.05, 0.1) is 5.02 Å². The number of sulfonamides is 1. The molecule has 0 fully saturated rings. The van der Waals surface area contributed by atoms with Crippen LogP contribution in [0, 0.1) is 0 Å². The highest BCUT2D eigenvalue weighted by atomic mass is 35.5. The molecule has 24 heavy (non-hydrogen) atoms. The fourth-order valence-corrected chi connectivity index (χ4v) is 3.85. The van der Waals surface area contributed by atoms with Crippen LogP contribution in [0.3, 0.4) is 0 Å². The van der Waals surface area contributed by atoms with E-state index in [1.54, 1.807) is 18.2 Å². The Bertz CT molecular complexity index is 857. The lowest BCUT2D eigenvalue weighted by Gasteiger charge is -2.10. The normalized spacial score (nSPS) is 13.1. The average Bonchev–Trinajstić information content (AvgIpc) is 3.01. The molecule has 1 aliphatic heterocycles. The third-order valence-electron chi connectivity index (χ3n) is 3.19. The third-order valence-corrected chi connectivity index (χ3v) is 5.37. The second-order valence-electron chi connectivity index (χ2n) is 4.84. The summed E-state index contributed by atoms with van der Waals surface area (Å²) < 4.78 is 42.8. The van der Waals surface area contributed by atoms with Crippen LogP contribution >= 0.6 is 23.2 Å². The fourth-order valence-electron chi connectivity index (χ4n) is 2.07. The molecule has 128 valence electrons. The van der Waals surface area contributed by atoms with Crippen molar-refractivity contribution in [1.29, 1.82) is 0 Å². The van der Waals surface area contributed by atoms with Crippen LogP contribution in [0.2, 0.25) is 10.0 Å². The summed E-state index contributed by atoms with van der Waals surface area (Å²) in [6.45, 7) is 0.385. The van der Waals surface area contributed by atoms with E-state index in [1.807, 2.05) is 0 Å². The van der Waals surface area contributed by atoms with Gasteiger partial charge in [-0.15, -0.1) is 0 Å². The van der Waals surface area contributed by atoms with Gasteiger partial charge in [0.25, 0.3) is 0 Å². The van der Waals surface area contributed by atoms with Crippen molar-refractivity contribution in [3.8, 4) is 17.2 Å². The second kappa shape index (κ2) is 7.06. The summed E-state index contributed by atoms with van der Waals surface area (Å²) in [5.41, 5.74) is 0. The van der Waals surface area contributed by atoms with Gasteiger partial charge >= 0.3 is 0 Å². The van der Waals surface area contributed by atoms with Crippen molar-refractivity contribution in [3.63, 3.8) is 0 Å². The molecule has 0 spiro atoms. The van der Waals surface area contributed by atoms with E-state index >= 15 is 0 Å². The summed E-state index contributed by atoms with van der Waals surface area (Å²) in [6, 6.07) is 9.38. The van der Waals surface area contributed by atoms with Gasteiger partial charge in [0, 0.05) is 17.6 Å². The van der Waals surface area contributed by atoms with Crippen LogP contribution in [-0.4, -0.2) is 28.4 Å². The molecule has 0 unspecified atom stereocenters. The molecule has 2 aromatic carbocycles. The highest BCUT2D eigenvalue weighted by molar-refractivity contribution is 7.89. The lowest BCUT2D eigenvalue weighted by Crippen LogP contribution is -2.28. The summed E-state index contributed by atoms with van der Waals surface area (Å²) in [4.78, 5) is -0.0697. The van der Waals surface area contributed by atoms with Crippen molar-refractivity contribution in [2.75, 3.05) is 19.9 Å². The Hall–Kier alpha value is -1.67. The highest BCUT2D eigenvalue weighted by Crippen LogP contribution is 2.35. The standard InChI is InChI=1S/C15H13Cl2NO5S/c16-10-1-3-12(17)15(7-10)24(19,20)18-5-6-21-11-2-4-13-14(8-11)23-9-22-13/h1-4,7-8,18H,5-6,9H2. The largest absolute Gasteiger partial charge is 0.492 e. The molecule has 0 aromatic heterocycles. The lowest BCUT2D eigenvalue weighted by atomic mass is 10.3. The van der Waals surface area contributed by atoms with Crippen LogP contribution in [0.4, 0.5) is 0 Å². The molecule has 1 heterocycles. The molecule has 6 nitrogen and oxygen atoms in total. The predicted molar refractivity (Wildman–Crippen MR) is 89.7 cm³/mol. The molecule has 3 rings (SSSR count). The Labute approximate surface area is 149 Å². The lowest BCUT2D eigenvalue weighted by molar-refractivity contribution is 0.173. The van der Waals surface area contributed by atoms with Crippen LogP contribution in [0.25, 0.3) is 0 Å². The Morgan fingerprint density at radius 2 is 1.88 bits per heavy atom. The van der Waals surface area contributed by atoms with Crippen molar-refractivity contribution in [2.24, 2.45) is 0 Å². The van der Waals surface area contributed by atoms with Gasteiger partial charge in [-0.25, -0.2) is 13.1 Å². The van der Waals surface area contributed by atoms with Crippen LogP contribution in [0.1, 0.15) is 0 Å². The van der Waals surface area contributed by atoms with Gasteiger partial charge in [-0.3, -0.25) is 0 Å². The molecule has 1 aliphatic rings.